The SMILES string of the molecule is CC(Nc1cnn(C(C)C)c1)c1cc(F)ccc1O. The largest absolute Gasteiger partial charge is 0.508 e. The number of rotatable bonds is 4. The molecule has 19 heavy (non-hydrogen) atoms. The van der Waals surface area contributed by atoms with Crippen molar-refractivity contribution in [1.29, 1.82) is 0 Å². The molecular weight excluding hydrogens is 245 g/mol. The Labute approximate surface area is 111 Å². The number of phenols is 1. The van der Waals surface area contributed by atoms with Gasteiger partial charge in [-0.2, -0.15) is 5.10 Å². The van der Waals surface area contributed by atoms with E-state index in [2.05, 4.69) is 10.4 Å². The van der Waals surface area contributed by atoms with Crippen LogP contribution in [-0.2, 0) is 0 Å². The number of halogens is 1. The summed E-state index contributed by atoms with van der Waals surface area (Å²) in [5, 5.41) is 17.2. The highest BCUT2D eigenvalue weighted by molar-refractivity contribution is 5.44. The van der Waals surface area contributed by atoms with Gasteiger partial charge >= 0.3 is 0 Å². The molecule has 0 fully saturated rings. The smallest absolute Gasteiger partial charge is 0.123 e. The molecule has 0 spiro atoms. The maximum absolute atomic E-state index is 13.2. The number of hydrogen-bond acceptors (Lipinski definition) is 3. The van der Waals surface area contributed by atoms with Crippen LogP contribution in [0.4, 0.5) is 10.1 Å². The maximum Gasteiger partial charge on any atom is 0.123 e. The van der Waals surface area contributed by atoms with E-state index in [1.165, 1.54) is 18.2 Å². The van der Waals surface area contributed by atoms with Gasteiger partial charge in [-0.25, -0.2) is 4.39 Å². The number of hydrogen-bond donors (Lipinski definition) is 2. The van der Waals surface area contributed by atoms with Gasteiger partial charge in [-0.1, -0.05) is 0 Å². The zero-order valence-corrected chi connectivity index (χ0v) is 11.3. The first kappa shape index (κ1) is 13.4. The van der Waals surface area contributed by atoms with Gasteiger partial charge < -0.3 is 10.4 Å². The fourth-order valence-corrected chi connectivity index (χ4v) is 1.89. The molecule has 1 heterocycles. The first-order chi connectivity index (χ1) is 8.97. The van der Waals surface area contributed by atoms with E-state index in [-0.39, 0.29) is 23.7 Å². The Balaban J connectivity index is 2.15. The van der Waals surface area contributed by atoms with Crippen molar-refractivity contribution in [2.75, 3.05) is 5.32 Å². The first-order valence-electron chi connectivity index (χ1n) is 6.26. The van der Waals surface area contributed by atoms with Gasteiger partial charge in [0.15, 0.2) is 0 Å². The number of anilines is 1. The van der Waals surface area contributed by atoms with Crippen molar-refractivity contribution in [3.8, 4) is 5.75 Å². The lowest BCUT2D eigenvalue weighted by Gasteiger charge is -2.15. The highest BCUT2D eigenvalue weighted by Crippen LogP contribution is 2.27. The molecule has 1 unspecified atom stereocenters. The van der Waals surface area contributed by atoms with Crippen molar-refractivity contribution in [3.05, 3.63) is 42.0 Å². The van der Waals surface area contributed by atoms with Crippen molar-refractivity contribution in [2.45, 2.75) is 32.9 Å². The highest BCUT2D eigenvalue weighted by atomic mass is 19.1. The van der Waals surface area contributed by atoms with Gasteiger partial charge in [0.1, 0.15) is 11.6 Å². The summed E-state index contributed by atoms with van der Waals surface area (Å²) in [5.74, 6) is -0.281. The molecule has 0 radical (unpaired) electrons. The fourth-order valence-electron chi connectivity index (χ4n) is 1.89. The molecule has 1 aromatic heterocycles. The van der Waals surface area contributed by atoms with Crippen molar-refractivity contribution >= 4 is 5.69 Å². The lowest BCUT2D eigenvalue weighted by atomic mass is 10.1. The van der Waals surface area contributed by atoms with Crippen LogP contribution in [0.3, 0.4) is 0 Å². The van der Waals surface area contributed by atoms with Crippen LogP contribution in [0.15, 0.2) is 30.6 Å². The quantitative estimate of drug-likeness (QED) is 0.887. The molecular formula is C14H18FN3O. The number of nitrogens with zero attached hydrogens (tertiary/aromatic N) is 2. The Morgan fingerprint density at radius 1 is 1.32 bits per heavy atom. The minimum absolute atomic E-state index is 0.0812. The number of aromatic hydroxyl groups is 1. The molecule has 2 N–H and O–H groups in total. The Kier molecular flexibility index (Phi) is 3.74. The van der Waals surface area contributed by atoms with Gasteiger partial charge in [-0.15, -0.1) is 0 Å². The van der Waals surface area contributed by atoms with Gasteiger partial charge in [0, 0.05) is 17.8 Å². The molecule has 0 saturated carbocycles. The number of nitrogens with one attached hydrogen (secondary N) is 1. The Morgan fingerprint density at radius 3 is 2.68 bits per heavy atom. The molecule has 0 aliphatic rings. The first-order valence-corrected chi connectivity index (χ1v) is 6.26. The summed E-state index contributed by atoms with van der Waals surface area (Å²) in [6.45, 7) is 5.94. The molecule has 2 aromatic rings. The van der Waals surface area contributed by atoms with Crippen LogP contribution in [0.5, 0.6) is 5.75 Å². The minimum atomic E-state index is -0.362. The fraction of sp³-hybridized carbons (Fsp3) is 0.357. The van der Waals surface area contributed by atoms with Crippen LogP contribution < -0.4 is 5.32 Å². The molecule has 1 atom stereocenters. The standard InChI is InChI=1S/C14H18FN3O/c1-9(2)18-8-12(7-16-18)17-10(3)13-6-11(15)4-5-14(13)19/h4-10,17,19H,1-3H3. The molecule has 102 valence electrons. The van der Waals surface area contributed by atoms with Crippen LogP contribution in [0.1, 0.15) is 38.4 Å². The second-order valence-electron chi connectivity index (χ2n) is 4.87. The Morgan fingerprint density at radius 2 is 2.05 bits per heavy atom. The Bertz CT molecular complexity index is 566. The van der Waals surface area contributed by atoms with Crippen molar-refractivity contribution in [1.82, 2.24) is 9.78 Å². The number of benzene rings is 1. The van der Waals surface area contributed by atoms with Gasteiger partial charge in [-0.05, 0) is 39.0 Å². The van der Waals surface area contributed by atoms with E-state index in [4.69, 9.17) is 0 Å². The summed E-state index contributed by atoms with van der Waals surface area (Å²) >= 11 is 0. The average Bonchev–Trinajstić information content (AvgIpc) is 2.80. The van der Waals surface area contributed by atoms with Gasteiger partial charge in [0.2, 0.25) is 0 Å². The molecule has 2 rings (SSSR count). The van der Waals surface area contributed by atoms with Crippen molar-refractivity contribution in [3.63, 3.8) is 0 Å². The molecule has 4 nitrogen and oxygen atoms in total. The molecule has 0 amide bonds. The summed E-state index contributed by atoms with van der Waals surface area (Å²) in [6, 6.07) is 4.01. The van der Waals surface area contributed by atoms with E-state index in [0.717, 1.165) is 5.69 Å². The van der Waals surface area contributed by atoms with Gasteiger partial charge in [-0.3, -0.25) is 4.68 Å². The predicted molar refractivity (Wildman–Crippen MR) is 72.7 cm³/mol. The van der Waals surface area contributed by atoms with Gasteiger partial charge in [0.05, 0.1) is 17.9 Å². The van der Waals surface area contributed by atoms with Crippen molar-refractivity contribution < 1.29 is 9.50 Å². The molecule has 1 aromatic carbocycles. The second-order valence-corrected chi connectivity index (χ2v) is 4.87. The van der Waals surface area contributed by atoms with E-state index >= 15 is 0 Å². The van der Waals surface area contributed by atoms with Crippen LogP contribution in [0.2, 0.25) is 0 Å². The lowest BCUT2D eigenvalue weighted by molar-refractivity contribution is 0.462. The number of aromatic nitrogens is 2. The topological polar surface area (TPSA) is 50.1 Å². The lowest BCUT2D eigenvalue weighted by Crippen LogP contribution is -2.07. The minimum Gasteiger partial charge on any atom is -0.508 e. The van der Waals surface area contributed by atoms with E-state index < -0.39 is 0 Å². The van der Waals surface area contributed by atoms with E-state index in [1.54, 1.807) is 6.20 Å². The second kappa shape index (κ2) is 5.30. The van der Waals surface area contributed by atoms with E-state index in [9.17, 15) is 9.50 Å². The Hall–Kier alpha value is -2.04. The molecule has 0 aliphatic heterocycles. The third-order valence-corrected chi connectivity index (χ3v) is 2.97. The molecule has 0 saturated heterocycles. The summed E-state index contributed by atoms with van der Waals surface area (Å²) in [5.41, 5.74) is 1.36. The third kappa shape index (κ3) is 3.05. The van der Waals surface area contributed by atoms with Crippen LogP contribution in [0.25, 0.3) is 0 Å². The van der Waals surface area contributed by atoms with Crippen LogP contribution in [-0.4, -0.2) is 14.9 Å². The van der Waals surface area contributed by atoms with Crippen molar-refractivity contribution in [2.24, 2.45) is 0 Å². The third-order valence-electron chi connectivity index (χ3n) is 2.97. The highest BCUT2D eigenvalue weighted by Gasteiger charge is 2.12. The van der Waals surface area contributed by atoms with E-state index in [0.29, 0.717) is 5.56 Å². The van der Waals surface area contributed by atoms with E-state index in [1.807, 2.05) is 31.6 Å². The van der Waals surface area contributed by atoms with Gasteiger partial charge in [0.25, 0.3) is 0 Å². The average molecular weight is 263 g/mol. The monoisotopic (exact) mass is 263 g/mol. The molecule has 0 bridgehead atoms. The van der Waals surface area contributed by atoms with Crippen LogP contribution >= 0.6 is 0 Å². The van der Waals surface area contributed by atoms with Crippen LogP contribution in [0, 0.1) is 5.82 Å². The zero-order valence-electron chi connectivity index (χ0n) is 11.3. The molecule has 0 aliphatic carbocycles. The summed E-state index contributed by atoms with van der Waals surface area (Å²) < 4.78 is 15.0. The number of phenolic OH excluding ortho intramolecular Hbond substituents is 1. The normalized spacial score (nSPS) is 12.7. The maximum atomic E-state index is 13.2. The summed E-state index contributed by atoms with van der Waals surface area (Å²) in [6.07, 6.45) is 3.60. The predicted octanol–water partition coefficient (Wildman–Crippen LogP) is 3.48. The molecule has 5 heteroatoms. The summed E-state index contributed by atoms with van der Waals surface area (Å²) in [4.78, 5) is 0. The summed E-state index contributed by atoms with van der Waals surface area (Å²) in [7, 11) is 0. The zero-order chi connectivity index (χ0) is 14.0.